The van der Waals surface area contributed by atoms with Crippen LogP contribution < -0.4 is 0 Å². The van der Waals surface area contributed by atoms with Crippen LogP contribution in [0.1, 0.15) is 17.3 Å². The number of carbonyl (C=O) groups excluding carboxylic acids is 1. The van der Waals surface area contributed by atoms with Gasteiger partial charge in [-0.25, -0.2) is 0 Å². The van der Waals surface area contributed by atoms with E-state index in [-0.39, 0.29) is 12.4 Å². The van der Waals surface area contributed by atoms with E-state index >= 15 is 0 Å². The molecule has 0 unspecified atom stereocenters. The maximum atomic E-state index is 11.0. The van der Waals surface area contributed by atoms with Crippen LogP contribution in [0.25, 0.3) is 0 Å². The van der Waals surface area contributed by atoms with Crippen molar-refractivity contribution in [1.29, 1.82) is 0 Å². The molecule has 0 heterocycles. The number of thioether (sulfide) groups is 1. The van der Waals surface area contributed by atoms with E-state index in [1.54, 1.807) is 24.8 Å². The predicted molar refractivity (Wildman–Crippen MR) is 54.3 cm³/mol. The highest BCUT2D eigenvalue weighted by Crippen LogP contribution is 2.18. The highest BCUT2D eigenvalue weighted by molar-refractivity contribution is 7.99. The van der Waals surface area contributed by atoms with Crippen LogP contribution in [0.2, 0.25) is 0 Å². The molecular weight excluding hydrogens is 184 g/mol. The molecule has 0 saturated carbocycles. The molecule has 0 fully saturated rings. The van der Waals surface area contributed by atoms with E-state index in [4.69, 9.17) is 5.11 Å². The second-order valence-corrected chi connectivity index (χ2v) is 3.82. The average Bonchev–Trinajstić information content (AvgIpc) is 2.15. The quantitative estimate of drug-likeness (QED) is 0.591. The van der Waals surface area contributed by atoms with Crippen molar-refractivity contribution in [2.75, 3.05) is 12.4 Å². The molecule has 0 atom stereocenters. The zero-order valence-corrected chi connectivity index (χ0v) is 8.30. The Bertz CT molecular complexity index is 297. The zero-order valence-electron chi connectivity index (χ0n) is 7.49. The van der Waals surface area contributed by atoms with Gasteiger partial charge in [0.1, 0.15) is 0 Å². The Morgan fingerprint density at radius 2 is 2.31 bits per heavy atom. The Kier molecular flexibility index (Phi) is 3.99. The number of carbonyl (C=O) groups is 1. The van der Waals surface area contributed by atoms with Crippen LogP contribution in [0.15, 0.2) is 29.2 Å². The van der Waals surface area contributed by atoms with E-state index in [0.717, 1.165) is 10.5 Å². The minimum absolute atomic E-state index is 0.0754. The summed E-state index contributed by atoms with van der Waals surface area (Å²) in [5.41, 5.74) is 0.725. The van der Waals surface area contributed by atoms with Crippen molar-refractivity contribution in [3.8, 4) is 0 Å². The third-order valence-electron chi connectivity index (χ3n) is 1.60. The van der Waals surface area contributed by atoms with Gasteiger partial charge in [-0.1, -0.05) is 12.1 Å². The Balaban J connectivity index is 2.73. The molecule has 0 amide bonds. The van der Waals surface area contributed by atoms with E-state index in [1.165, 1.54) is 0 Å². The topological polar surface area (TPSA) is 37.3 Å². The number of Topliss-reactive ketones (excluding diaryl/α,β-unsaturated/α-hetero) is 1. The SMILES string of the molecule is CC(=O)c1cccc(SCCO)c1. The number of hydrogen-bond acceptors (Lipinski definition) is 3. The third-order valence-corrected chi connectivity index (χ3v) is 2.57. The van der Waals surface area contributed by atoms with Crippen LogP contribution in [-0.4, -0.2) is 23.2 Å². The lowest BCUT2D eigenvalue weighted by Gasteiger charge is -2.00. The molecular formula is C10H12O2S. The molecule has 1 rings (SSSR count). The summed E-state index contributed by atoms with van der Waals surface area (Å²) >= 11 is 1.55. The van der Waals surface area contributed by atoms with E-state index in [9.17, 15) is 4.79 Å². The summed E-state index contributed by atoms with van der Waals surface area (Å²) in [6.45, 7) is 1.71. The number of benzene rings is 1. The second kappa shape index (κ2) is 5.04. The third kappa shape index (κ3) is 3.20. The molecule has 0 bridgehead atoms. The Labute approximate surface area is 82.0 Å². The highest BCUT2D eigenvalue weighted by atomic mass is 32.2. The van der Waals surface area contributed by atoms with Crippen molar-refractivity contribution >= 4 is 17.5 Å². The Hall–Kier alpha value is -0.800. The largest absolute Gasteiger partial charge is 0.396 e. The van der Waals surface area contributed by atoms with Gasteiger partial charge in [-0.2, -0.15) is 0 Å². The van der Waals surface area contributed by atoms with Gasteiger partial charge in [0.2, 0.25) is 0 Å². The van der Waals surface area contributed by atoms with Crippen LogP contribution in [0, 0.1) is 0 Å². The van der Waals surface area contributed by atoms with Crippen LogP contribution >= 0.6 is 11.8 Å². The molecule has 1 aromatic rings. The second-order valence-electron chi connectivity index (χ2n) is 2.66. The molecule has 1 N–H and O–H groups in total. The molecule has 0 spiro atoms. The maximum absolute atomic E-state index is 11.0. The molecule has 0 aromatic heterocycles. The van der Waals surface area contributed by atoms with Gasteiger partial charge in [-0.15, -0.1) is 11.8 Å². The van der Waals surface area contributed by atoms with E-state index in [2.05, 4.69) is 0 Å². The first-order valence-electron chi connectivity index (χ1n) is 4.08. The van der Waals surface area contributed by atoms with Gasteiger partial charge in [0.15, 0.2) is 5.78 Å². The van der Waals surface area contributed by atoms with E-state index in [1.807, 2.05) is 18.2 Å². The first kappa shape index (κ1) is 10.3. The minimum Gasteiger partial charge on any atom is -0.396 e. The van der Waals surface area contributed by atoms with Crippen LogP contribution in [0.5, 0.6) is 0 Å². The number of ketones is 1. The lowest BCUT2D eigenvalue weighted by atomic mass is 10.2. The fraction of sp³-hybridized carbons (Fsp3) is 0.300. The van der Waals surface area contributed by atoms with Crippen molar-refractivity contribution in [2.45, 2.75) is 11.8 Å². The van der Waals surface area contributed by atoms with Gasteiger partial charge in [0.25, 0.3) is 0 Å². The molecule has 0 aliphatic carbocycles. The molecule has 0 radical (unpaired) electrons. The van der Waals surface area contributed by atoms with Crippen LogP contribution in [0.3, 0.4) is 0 Å². The van der Waals surface area contributed by atoms with E-state index in [0.29, 0.717) is 5.75 Å². The summed E-state index contributed by atoms with van der Waals surface area (Å²) < 4.78 is 0. The summed E-state index contributed by atoms with van der Waals surface area (Å²) in [7, 11) is 0. The molecule has 1 aromatic carbocycles. The molecule has 0 aliphatic heterocycles. The van der Waals surface area contributed by atoms with Gasteiger partial charge < -0.3 is 5.11 Å². The van der Waals surface area contributed by atoms with Gasteiger partial charge in [0, 0.05) is 16.2 Å². The van der Waals surface area contributed by atoms with Crippen molar-refractivity contribution in [1.82, 2.24) is 0 Å². The number of hydrogen-bond donors (Lipinski definition) is 1. The molecule has 0 saturated heterocycles. The van der Waals surface area contributed by atoms with Gasteiger partial charge in [-0.3, -0.25) is 4.79 Å². The first-order valence-corrected chi connectivity index (χ1v) is 5.07. The number of aliphatic hydroxyl groups excluding tert-OH is 1. The first-order chi connectivity index (χ1) is 6.24. The molecule has 3 heteroatoms. The Morgan fingerprint density at radius 3 is 2.92 bits per heavy atom. The van der Waals surface area contributed by atoms with Crippen molar-refractivity contribution in [3.63, 3.8) is 0 Å². The minimum atomic E-state index is 0.0754. The van der Waals surface area contributed by atoms with Crippen molar-refractivity contribution < 1.29 is 9.90 Å². The van der Waals surface area contributed by atoms with Gasteiger partial charge in [-0.05, 0) is 19.1 Å². The van der Waals surface area contributed by atoms with Crippen molar-refractivity contribution in [2.24, 2.45) is 0 Å². The highest BCUT2D eigenvalue weighted by Gasteiger charge is 1.99. The zero-order chi connectivity index (χ0) is 9.68. The monoisotopic (exact) mass is 196 g/mol. The normalized spacial score (nSPS) is 10.0. The van der Waals surface area contributed by atoms with Gasteiger partial charge in [0.05, 0.1) is 6.61 Å². The molecule has 2 nitrogen and oxygen atoms in total. The standard InChI is InChI=1S/C10H12O2S/c1-8(12)9-3-2-4-10(7-9)13-6-5-11/h2-4,7,11H,5-6H2,1H3. The van der Waals surface area contributed by atoms with E-state index < -0.39 is 0 Å². The smallest absolute Gasteiger partial charge is 0.159 e. The molecule has 0 aliphatic rings. The predicted octanol–water partition coefficient (Wildman–Crippen LogP) is 1.97. The fourth-order valence-corrected chi connectivity index (χ4v) is 1.68. The van der Waals surface area contributed by atoms with Crippen LogP contribution in [0.4, 0.5) is 0 Å². The Morgan fingerprint density at radius 1 is 1.54 bits per heavy atom. The number of aliphatic hydroxyl groups is 1. The van der Waals surface area contributed by atoms with Gasteiger partial charge >= 0.3 is 0 Å². The van der Waals surface area contributed by atoms with Crippen molar-refractivity contribution in [3.05, 3.63) is 29.8 Å². The fourth-order valence-electron chi connectivity index (χ4n) is 0.968. The summed E-state index contributed by atoms with van der Waals surface area (Å²) in [5, 5.41) is 8.62. The summed E-state index contributed by atoms with van der Waals surface area (Å²) in [6.07, 6.45) is 0. The number of rotatable bonds is 4. The summed E-state index contributed by atoms with van der Waals surface area (Å²) in [5.74, 6) is 0.743. The molecule has 13 heavy (non-hydrogen) atoms. The summed E-state index contributed by atoms with van der Waals surface area (Å²) in [4.78, 5) is 12.0. The summed E-state index contributed by atoms with van der Waals surface area (Å²) in [6, 6.07) is 7.44. The lowest BCUT2D eigenvalue weighted by Crippen LogP contribution is -1.92. The lowest BCUT2D eigenvalue weighted by molar-refractivity contribution is 0.101. The average molecular weight is 196 g/mol. The maximum Gasteiger partial charge on any atom is 0.159 e. The van der Waals surface area contributed by atoms with Crippen LogP contribution in [-0.2, 0) is 0 Å². The molecule has 70 valence electrons.